The van der Waals surface area contributed by atoms with Gasteiger partial charge in [0.05, 0.1) is 13.4 Å². The second-order valence-corrected chi connectivity index (χ2v) is 7.73. The maximum Gasteiger partial charge on any atom is 0.321 e. The normalized spacial score (nSPS) is 19.7. The molecule has 2 N–H and O–H groups in total. The Hall–Kier alpha value is -2.70. The van der Waals surface area contributed by atoms with Crippen LogP contribution in [0.4, 0.5) is 5.95 Å². The maximum absolute atomic E-state index is 11.6. The number of nitrogens with one attached hydrogen (secondary N) is 2. The van der Waals surface area contributed by atoms with E-state index in [9.17, 15) is 8.42 Å². The molecular weight excluding hydrogens is 398 g/mol. The quantitative estimate of drug-likeness (QED) is 0.670. The highest BCUT2D eigenvalue weighted by Crippen LogP contribution is 2.36. The Labute approximate surface area is 159 Å². The number of hydrogen-bond donors (Lipinski definition) is 2. The van der Waals surface area contributed by atoms with Gasteiger partial charge in [-0.25, -0.2) is 9.71 Å². The van der Waals surface area contributed by atoms with E-state index in [1.54, 1.807) is 31.5 Å². The van der Waals surface area contributed by atoms with Crippen LogP contribution in [0, 0.1) is 0 Å². The van der Waals surface area contributed by atoms with Crippen LogP contribution in [0.3, 0.4) is 0 Å². The molecule has 0 radical (unpaired) electrons. The molecule has 0 fully saturated rings. The summed E-state index contributed by atoms with van der Waals surface area (Å²) in [5.74, 6) is 0.363. The molecule has 0 saturated heterocycles. The number of aliphatic imine (C=N–C) groups is 1. The van der Waals surface area contributed by atoms with Crippen molar-refractivity contribution in [1.82, 2.24) is 25.1 Å². The first-order valence-corrected chi connectivity index (χ1v) is 9.82. The van der Waals surface area contributed by atoms with Gasteiger partial charge in [0.25, 0.3) is 0 Å². The Bertz CT molecular complexity index is 1010. The second kappa shape index (κ2) is 7.13. The molecule has 0 bridgehead atoms. The summed E-state index contributed by atoms with van der Waals surface area (Å²) in [6.45, 7) is 1.67. The minimum atomic E-state index is -4.16. The Balaban J connectivity index is 2.31. The number of pyridine rings is 1. The third-order valence-electron chi connectivity index (χ3n) is 3.78. The predicted octanol–water partition coefficient (Wildman–Crippen LogP) is 1.00. The van der Waals surface area contributed by atoms with Crippen LogP contribution in [-0.4, -0.2) is 54.4 Å². The van der Waals surface area contributed by atoms with E-state index >= 15 is 0 Å². The van der Waals surface area contributed by atoms with Gasteiger partial charge in [0, 0.05) is 35.7 Å². The lowest BCUT2D eigenvalue weighted by Crippen LogP contribution is -2.39. The van der Waals surface area contributed by atoms with Crippen LogP contribution in [0.5, 0.6) is 0 Å². The molecule has 0 aromatic carbocycles. The highest BCUT2D eigenvalue weighted by Gasteiger charge is 2.39. The van der Waals surface area contributed by atoms with Crippen molar-refractivity contribution >= 4 is 37.9 Å². The number of methoxy groups -OCH3 is 2. The molecule has 2 aromatic rings. The van der Waals surface area contributed by atoms with E-state index in [0.717, 1.165) is 0 Å². The van der Waals surface area contributed by atoms with Gasteiger partial charge in [0.15, 0.2) is 5.82 Å². The van der Waals surface area contributed by atoms with E-state index in [1.807, 2.05) is 0 Å². The molecule has 0 saturated carbocycles. The smallest absolute Gasteiger partial charge is 0.321 e. The van der Waals surface area contributed by atoms with E-state index in [1.165, 1.54) is 25.1 Å². The molecule has 13 heteroatoms. The van der Waals surface area contributed by atoms with E-state index in [-0.39, 0.29) is 17.7 Å². The van der Waals surface area contributed by atoms with Crippen LogP contribution in [-0.2, 0) is 18.7 Å². The van der Waals surface area contributed by atoms with Gasteiger partial charge < -0.3 is 14.8 Å². The molecule has 0 amide bonds. The summed E-state index contributed by atoms with van der Waals surface area (Å²) in [6.07, 6.45) is 4.56. The average molecular weight is 414 g/mol. The Morgan fingerprint density at radius 2 is 2.11 bits per heavy atom. The summed E-state index contributed by atoms with van der Waals surface area (Å²) in [5.41, 5.74) is -0.356. The molecule has 1 unspecified atom stereocenters. The zero-order valence-electron chi connectivity index (χ0n) is 14.5. The van der Waals surface area contributed by atoms with Gasteiger partial charge in [-0.2, -0.15) is 8.42 Å². The number of nitrogens with zero attached hydrogens (tertiary/aromatic N) is 5. The summed E-state index contributed by atoms with van der Waals surface area (Å²) in [4.78, 5) is 8.35. The molecule has 1 atom stereocenters. The van der Waals surface area contributed by atoms with Crippen molar-refractivity contribution in [2.45, 2.75) is 12.6 Å². The maximum atomic E-state index is 11.6. The van der Waals surface area contributed by atoms with Crippen molar-refractivity contribution in [3.05, 3.63) is 30.4 Å². The van der Waals surface area contributed by atoms with Crippen LogP contribution < -0.4 is 10.0 Å². The number of aromatic nitrogens is 4. The lowest BCUT2D eigenvalue weighted by molar-refractivity contribution is 0.0554. The highest BCUT2D eigenvalue weighted by molar-refractivity contribution is 8.14. The zero-order valence-corrected chi connectivity index (χ0v) is 16.1. The van der Waals surface area contributed by atoms with Crippen molar-refractivity contribution in [1.29, 1.82) is 0 Å². The first-order valence-electron chi connectivity index (χ1n) is 7.52. The van der Waals surface area contributed by atoms with E-state index in [4.69, 9.17) is 20.2 Å². The van der Waals surface area contributed by atoms with Gasteiger partial charge in [0.1, 0.15) is 5.70 Å². The summed E-state index contributed by atoms with van der Waals surface area (Å²) in [6, 6.07) is 3.45. The molecule has 3 heterocycles. The average Bonchev–Trinajstić information content (AvgIpc) is 3.03. The summed E-state index contributed by atoms with van der Waals surface area (Å²) in [5, 5.41) is 10.8. The number of hydrogen-bond acceptors (Lipinski definition) is 9. The molecule has 144 valence electrons. The monoisotopic (exact) mass is 413 g/mol. The molecule has 27 heavy (non-hydrogen) atoms. The van der Waals surface area contributed by atoms with Crippen LogP contribution in [0.15, 0.2) is 35.4 Å². The van der Waals surface area contributed by atoms with Crippen LogP contribution in [0.2, 0.25) is 0 Å². The summed E-state index contributed by atoms with van der Waals surface area (Å²) >= 11 is 0. The lowest BCUT2D eigenvalue weighted by Gasteiger charge is -2.32. The first kappa shape index (κ1) is 19.1. The standard InChI is InChI=1S/C14H16ClN7O4S/c1-14(26-3)10(12(25-2)17-8-18-14)22-11(9-5-4-6-16-7-9)19-20-13(22)21-27(15,23)24/h4-8H,1-3H3,(H,17,18)(H,20,21). The van der Waals surface area contributed by atoms with Crippen LogP contribution in [0.1, 0.15) is 6.92 Å². The van der Waals surface area contributed by atoms with Crippen LogP contribution >= 0.6 is 10.7 Å². The van der Waals surface area contributed by atoms with Gasteiger partial charge in [-0.3, -0.25) is 9.55 Å². The van der Waals surface area contributed by atoms with E-state index in [0.29, 0.717) is 11.3 Å². The van der Waals surface area contributed by atoms with Gasteiger partial charge >= 0.3 is 9.24 Å². The molecule has 11 nitrogen and oxygen atoms in total. The molecule has 0 spiro atoms. The summed E-state index contributed by atoms with van der Waals surface area (Å²) < 4.78 is 37.7. The number of anilines is 1. The Morgan fingerprint density at radius 3 is 2.70 bits per heavy atom. The van der Waals surface area contributed by atoms with E-state index in [2.05, 4.69) is 30.2 Å². The third-order valence-corrected chi connectivity index (χ3v) is 4.44. The number of ether oxygens (including phenoxy) is 2. The van der Waals surface area contributed by atoms with Crippen molar-refractivity contribution < 1.29 is 17.9 Å². The topological polar surface area (TPSA) is 133 Å². The van der Waals surface area contributed by atoms with Gasteiger partial charge in [0.2, 0.25) is 17.6 Å². The molecule has 1 aliphatic rings. The molecular formula is C14H16ClN7O4S. The number of halogens is 1. The highest BCUT2D eigenvalue weighted by atomic mass is 35.7. The molecule has 2 aromatic heterocycles. The summed E-state index contributed by atoms with van der Waals surface area (Å²) in [7, 11) is 4.09. The Morgan fingerprint density at radius 1 is 1.33 bits per heavy atom. The minimum absolute atomic E-state index is 0.171. The first-order chi connectivity index (χ1) is 12.8. The zero-order chi connectivity index (χ0) is 19.7. The molecule has 3 rings (SSSR count). The fourth-order valence-corrected chi connectivity index (χ4v) is 3.08. The van der Waals surface area contributed by atoms with Crippen molar-refractivity contribution in [2.75, 3.05) is 18.9 Å². The van der Waals surface area contributed by atoms with Gasteiger partial charge in [-0.05, 0) is 19.1 Å². The van der Waals surface area contributed by atoms with Gasteiger partial charge in [-0.15, -0.1) is 10.2 Å². The van der Waals surface area contributed by atoms with E-state index < -0.39 is 15.0 Å². The van der Waals surface area contributed by atoms with Crippen molar-refractivity contribution in [3.8, 4) is 11.4 Å². The van der Waals surface area contributed by atoms with Gasteiger partial charge in [-0.1, -0.05) is 0 Å². The van der Waals surface area contributed by atoms with Crippen molar-refractivity contribution in [2.24, 2.45) is 4.99 Å². The molecule has 0 aliphatic carbocycles. The predicted molar refractivity (Wildman–Crippen MR) is 98.9 cm³/mol. The van der Waals surface area contributed by atoms with Crippen molar-refractivity contribution in [3.63, 3.8) is 0 Å². The third kappa shape index (κ3) is 3.72. The molecule has 1 aliphatic heterocycles. The lowest BCUT2D eigenvalue weighted by atomic mass is 10.1. The Kier molecular flexibility index (Phi) is 5.04. The largest absolute Gasteiger partial charge is 0.481 e. The minimum Gasteiger partial charge on any atom is -0.481 e. The SMILES string of the molecule is COC1=C(n2c(NS(=O)(=O)Cl)nnc2-c2cccnc2)C(C)(OC)N=CN1. The number of rotatable bonds is 6. The fraction of sp³-hybridized carbons (Fsp3) is 0.286. The second-order valence-electron chi connectivity index (χ2n) is 5.44. The van der Waals surface area contributed by atoms with Crippen LogP contribution in [0.25, 0.3) is 17.1 Å². The fourth-order valence-electron chi connectivity index (χ4n) is 2.52.